The standard InChI is InChI=1S/C22H29N3O5/c1-4-18(26)15-6-5-11-25(14-15)22(27)10-9-20-23-24-21(30-20)13-16-12-17(28-2)7-8-19(16)29-3/h7-8,12,15H,4-6,9-11,13-14H2,1-3H3/t15-/m0/s1. The van der Waals surface area contributed by atoms with Crippen molar-refractivity contribution in [1.82, 2.24) is 15.1 Å². The molecule has 8 heteroatoms. The monoisotopic (exact) mass is 415 g/mol. The van der Waals surface area contributed by atoms with Crippen molar-refractivity contribution in [3.63, 3.8) is 0 Å². The molecule has 1 aliphatic rings. The Kier molecular flexibility index (Phi) is 7.43. The maximum Gasteiger partial charge on any atom is 0.223 e. The van der Waals surface area contributed by atoms with Gasteiger partial charge in [0.1, 0.15) is 17.3 Å². The molecule has 1 atom stereocenters. The average molecular weight is 415 g/mol. The zero-order valence-corrected chi connectivity index (χ0v) is 17.8. The molecule has 0 spiro atoms. The van der Waals surface area contributed by atoms with Gasteiger partial charge in [-0.25, -0.2) is 0 Å². The minimum absolute atomic E-state index is 0.0258. The van der Waals surface area contributed by atoms with E-state index in [2.05, 4.69) is 10.2 Å². The molecular formula is C22H29N3O5. The number of Topliss-reactive ketones (excluding diaryl/α,β-unsaturated/α-hetero) is 1. The smallest absolute Gasteiger partial charge is 0.223 e. The van der Waals surface area contributed by atoms with E-state index in [-0.39, 0.29) is 24.0 Å². The van der Waals surface area contributed by atoms with Crippen molar-refractivity contribution in [2.45, 2.75) is 45.4 Å². The zero-order chi connectivity index (χ0) is 21.5. The van der Waals surface area contributed by atoms with E-state index in [1.165, 1.54) is 0 Å². The van der Waals surface area contributed by atoms with Gasteiger partial charge in [-0.3, -0.25) is 9.59 Å². The first-order valence-electron chi connectivity index (χ1n) is 10.4. The minimum Gasteiger partial charge on any atom is -0.497 e. The number of ketones is 1. The number of methoxy groups -OCH3 is 2. The Labute approximate surface area is 176 Å². The van der Waals surface area contributed by atoms with E-state index in [1.807, 2.05) is 25.1 Å². The summed E-state index contributed by atoms with van der Waals surface area (Å²) in [7, 11) is 3.21. The fourth-order valence-electron chi connectivity index (χ4n) is 3.77. The quantitative estimate of drug-likeness (QED) is 0.621. The number of piperidine rings is 1. The van der Waals surface area contributed by atoms with E-state index in [4.69, 9.17) is 13.9 Å². The van der Waals surface area contributed by atoms with Crippen molar-refractivity contribution in [3.8, 4) is 11.5 Å². The van der Waals surface area contributed by atoms with Crippen LogP contribution >= 0.6 is 0 Å². The molecule has 1 aliphatic heterocycles. The molecule has 0 radical (unpaired) electrons. The second kappa shape index (κ2) is 10.2. The number of likely N-dealkylation sites (tertiary alicyclic amines) is 1. The van der Waals surface area contributed by atoms with Crippen LogP contribution in [-0.2, 0) is 22.4 Å². The number of hydrogen-bond acceptors (Lipinski definition) is 7. The van der Waals surface area contributed by atoms with Crippen molar-refractivity contribution in [3.05, 3.63) is 35.5 Å². The van der Waals surface area contributed by atoms with Crippen molar-refractivity contribution >= 4 is 11.7 Å². The highest BCUT2D eigenvalue weighted by atomic mass is 16.5. The van der Waals surface area contributed by atoms with Gasteiger partial charge < -0.3 is 18.8 Å². The predicted molar refractivity (Wildman–Crippen MR) is 110 cm³/mol. The van der Waals surface area contributed by atoms with Gasteiger partial charge in [-0.1, -0.05) is 6.92 Å². The molecule has 8 nitrogen and oxygen atoms in total. The molecule has 2 aromatic rings. The number of benzene rings is 1. The summed E-state index contributed by atoms with van der Waals surface area (Å²) in [6.45, 7) is 3.10. The van der Waals surface area contributed by atoms with Crippen molar-refractivity contribution < 1.29 is 23.5 Å². The third-order valence-corrected chi connectivity index (χ3v) is 5.47. The molecule has 2 heterocycles. The molecule has 0 N–H and O–H groups in total. The molecule has 1 amide bonds. The molecule has 1 fully saturated rings. The van der Waals surface area contributed by atoms with Gasteiger partial charge in [-0.05, 0) is 31.0 Å². The minimum atomic E-state index is -0.0273. The molecule has 1 saturated heterocycles. The number of rotatable bonds is 9. The molecule has 0 saturated carbocycles. The van der Waals surface area contributed by atoms with Crippen LogP contribution < -0.4 is 9.47 Å². The average Bonchev–Trinajstić information content (AvgIpc) is 3.24. The second-order valence-electron chi connectivity index (χ2n) is 7.44. The van der Waals surface area contributed by atoms with Gasteiger partial charge >= 0.3 is 0 Å². The van der Waals surface area contributed by atoms with E-state index < -0.39 is 0 Å². The van der Waals surface area contributed by atoms with Crippen LogP contribution in [-0.4, -0.2) is 54.1 Å². The van der Waals surface area contributed by atoms with E-state index in [0.717, 1.165) is 24.2 Å². The van der Waals surface area contributed by atoms with Crippen molar-refractivity contribution in [2.75, 3.05) is 27.3 Å². The number of ether oxygens (including phenoxy) is 2. The Hall–Kier alpha value is -2.90. The topological polar surface area (TPSA) is 94.8 Å². The molecule has 1 aromatic heterocycles. The lowest BCUT2D eigenvalue weighted by Gasteiger charge is -2.32. The van der Waals surface area contributed by atoms with Gasteiger partial charge in [0.15, 0.2) is 0 Å². The second-order valence-corrected chi connectivity index (χ2v) is 7.44. The molecule has 0 unspecified atom stereocenters. The third kappa shape index (κ3) is 5.37. The van der Waals surface area contributed by atoms with Crippen molar-refractivity contribution in [2.24, 2.45) is 5.92 Å². The summed E-state index contributed by atoms with van der Waals surface area (Å²) in [6.07, 6.45) is 3.34. The van der Waals surface area contributed by atoms with Crippen LogP contribution in [0.5, 0.6) is 11.5 Å². The van der Waals surface area contributed by atoms with Crippen LogP contribution in [0.1, 0.15) is 50.0 Å². The van der Waals surface area contributed by atoms with Gasteiger partial charge in [0.25, 0.3) is 0 Å². The first-order chi connectivity index (χ1) is 14.5. The van der Waals surface area contributed by atoms with Crippen LogP contribution in [0.4, 0.5) is 0 Å². The zero-order valence-electron chi connectivity index (χ0n) is 17.8. The molecule has 0 aliphatic carbocycles. The number of carbonyl (C=O) groups is 2. The predicted octanol–water partition coefficient (Wildman–Crippen LogP) is 2.83. The van der Waals surface area contributed by atoms with Crippen LogP contribution in [0.3, 0.4) is 0 Å². The number of carbonyl (C=O) groups excluding carboxylic acids is 2. The fraction of sp³-hybridized carbons (Fsp3) is 0.545. The van der Waals surface area contributed by atoms with Crippen molar-refractivity contribution in [1.29, 1.82) is 0 Å². The summed E-state index contributed by atoms with van der Waals surface area (Å²) in [5, 5.41) is 8.17. The molecule has 162 valence electrons. The lowest BCUT2D eigenvalue weighted by atomic mass is 9.92. The van der Waals surface area contributed by atoms with Crippen LogP contribution in [0, 0.1) is 5.92 Å². The number of aromatic nitrogens is 2. The van der Waals surface area contributed by atoms with E-state index in [0.29, 0.717) is 49.9 Å². The van der Waals surface area contributed by atoms with Gasteiger partial charge in [-0.2, -0.15) is 0 Å². The van der Waals surface area contributed by atoms with E-state index in [1.54, 1.807) is 19.1 Å². The Morgan fingerprint density at radius 2 is 2.00 bits per heavy atom. The fourth-order valence-corrected chi connectivity index (χ4v) is 3.77. The summed E-state index contributed by atoms with van der Waals surface area (Å²) < 4.78 is 16.4. The Morgan fingerprint density at radius 3 is 2.73 bits per heavy atom. The van der Waals surface area contributed by atoms with Crippen LogP contribution in [0.15, 0.2) is 22.6 Å². The van der Waals surface area contributed by atoms with Gasteiger partial charge in [0.2, 0.25) is 17.7 Å². The summed E-state index contributed by atoms with van der Waals surface area (Å²) in [4.78, 5) is 26.3. The molecule has 30 heavy (non-hydrogen) atoms. The first-order valence-corrected chi connectivity index (χ1v) is 10.4. The summed E-state index contributed by atoms with van der Waals surface area (Å²) in [6, 6.07) is 5.53. The highest BCUT2D eigenvalue weighted by Gasteiger charge is 2.27. The first kappa shape index (κ1) is 21.8. The highest BCUT2D eigenvalue weighted by Crippen LogP contribution is 2.26. The highest BCUT2D eigenvalue weighted by molar-refractivity contribution is 5.82. The maximum absolute atomic E-state index is 12.6. The number of hydrogen-bond donors (Lipinski definition) is 0. The lowest BCUT2D eigenvalue weighted by Crippen LogP contribution is -2.42. The molecule has 1 aromatic carbocycles. The Balaban J connectivity index is 1.56. The van der Waals surface area contributed by atoms with Gasteiger partial charge in [0.05, 0.1) is 20.6 Å². The summed E-state index contributed by atoms with van der Waals surface area (Å²) in [5.41, 5.74) is 0.878. The van der Waals surface area contributed by atoms with E-state index in [9.17, 15) is 9.59 Å². The van der Waals surface area contributed by atoms with E-state index >= 15 is 0 Å². The molecule has 3 rings (SSSR count). The largest absolute Gasteiger partial charge is 0.497 e. The number of amides is 1. The normalized spacial score (nSPS) is 16.4. The summed E-state index contributed by atoms with van der Waals surface area (Å²) in [5.74, 6) is 2.55. The Bertz CT molecular complexity index is 879. The number of aryl methyl sites for hydroxylation is 1. The maximum atomic E-state index is 12.6. The SMILES string of the molecule is CCC(=O)[C@H]1CCCN(C(=O)CCc2nnc(Cc3cc(OC)ccc3OC)o2)C1. The lowest BCUT2D eigenvalue weighted by molar-refractivity contribution is -0.135. The molecule has 0 bridgehead atoms. The number of nitrogens with zero attached hydrogens (tertiary/aromatic N) is 3. The Morgan fingerprint density at radius 1 is 1.20 bits per heavy atom. The molecular weight excluding hydrogens is 386 g/mol. The van der Waals surface area contributed by atoms with Crippen LogP contribution in [0.25, 0.3) is 0 Å². The van der Waals surface area contributed by atoms with Gasteiger partial charge in [0, 0.05) is 43.8 Å². The van der Waals surface area contributed by atoms with Crippen LogP contribution in [0.2, 0.25) is 0 Å². The third-order valence-electron chi connectivity index (χ3n) is 5.47. The summed E-state index contributed by atoms with van der Waals surface area (Å²) >= 11 is 0. The van der Waals surface area contributed by atoms with Gasteiger partial charge in [-0.15, -0.1) is 10.2 Å².